The molecule has 4 heteroatoms. The van der Waals surface area contributed by atoms with Crippen molar-refractivity contribution in [2.24, 2.45) is 17.3 Å². The summed E-state index contributed by atoms with van der Waals surface area (Å²) in [6.07, 6.45) is 6.10. The second-order valence-electron chi connectivity index (χ2n) is 6.90. The Kier molecular flexibility index (Phi) is 3.30. The minimum atomic E-state index is -0.628. The molecule has 2 aliphatic heterocycles. The molecule has 0 bridgehead atoms. The molecular formula is C14H23B2NO. The van der Waals surface area contributed by atoms with Gasteiger partial charge in [0.05, 0.1) is 15.7 Å². The average molecular weight is 243 g/mol. The molecule has 1 aliphatic carbocycles. The van der Waals surface area contributed by atoms with Gasteiger partial charge in [-0.25, -0.2) is 0 Å². The molecule has 1 saturated carbocycles. The number of fused-ring (bicyclic) bond motifs is 1. The van der Waals surface area contributed by atoms with Crippen LogP contribution >= 0.6 is 0 Å². The van der Waals surface area contributed by atoms with E-state index in [0.717, 1.165) is 45.1 Å². The van der Waals surface area contributed by atoms with Crippen LogP contribution in [0.5, 0.6) is 0 Å². The van der Waals surface area contributed by atoms with Crippen LogP contribution in [0.15, 0.2) is 0 Å². The van der Waals surface area contributed by atoms with Crippen LogP contribution in [-0.2, 0) is 4.74 Å². The third kappa shape index (κ3) is 2.06. The number of rotatable bonds is 2. The Bertz CT molecular complexity index is 317. The lowest BCUT2D eigenvalue weighted by Crippen LogP contribution is -2.56. The van der Waals surface area contributed by atoms with E-state index in [4.69, 9.17) is 20.4 Å². The van der Waals surface area contributed by atoms with Crippen LogP contribution in [0.2, 0.25) is 0 Å². The maximum absolute atomic E-state index is 6.51. The minimum absolute atomic E-state index is 0.383. The summed E-state index contributed by atoms with van der Waals surface area (Å²) in [7, 11) is 13.0. The first kappa shape index (κ1) is 13.1. The van der Waals surface area contributed by atoms with Gasteiger partial charge < -0.3 is 9.64 Å². The molecule has 3 aliphatic rings. The fourth-order valence-electron chi connectivity index (χ4n) is 4.30. The number of hydrogen-bond acceptors (Lipinski definition) is 2. The Morgan fingerprint density at radius 3 is 2.61 bits per heavy atom. The second kappa shape index (κ2) is 4.56. The largest absolute Gasteiger partial charge is 0.381 e. The summed E-state index contributed by atoms with van der Waals surface area (Å²) in [4.78, 5) is 2.37. The van der Waals surface area contributed by atoms with Crippen molar-refractivity contribution in [3.8, 4) is 0 Å². The van der Waals surface area contributed by atoms with Crippen LogP contribution in [0.1, 0.15) is 39.0 Å². The molecule has 3 rings (SSSR count). The van der Waals surface area contributed by atoms with Crippen molar-refractivity contribution < 1.29 is 4.74 Å². The highest BCUT2D eigenvalue weighted by atomic mass is 16.5. The molecule has 2 nitrogen and oxygen atoms in total. The zero-order valence-corrected chi connectivity index (χ0v) is 11.5. The van der Waals surface area contributed by atoms with Gasteiger partial charge in [-0.2, -0.15) is 0 Å². The van der Waals surface area contributed by atoms with Gasteiger partial charge in [0.1, 0.15) is 0 Å². The third-order valence-electron chi connectivity index (χ3n) is 5.70. The molecule has 18 heavy (non-hydrogen) atoms. The number of likely N-dealkylation sites (tertiary alicyclic amines) is 1. The van der Waals surface area contributed by atoms with Crippen LogP contribution in [0.4, 0.5) is 0 Å². The summed E-state index contributed by atoms with van der Waals surface area (Å²) in [6, 6.07) is 0. The summed E-state index contributed by atoms with van der Waals surface area (Å²) in [5.41, 5.74) is 0.467. The Morgan fingerprint density at radius 1 is 1.22 bits per heavy atom. The molecular weight excluding hydrogens is 220 g/mol. The van der Waals surface area contributed by atoms with E-state index in [2.05, 4.69) is 11.8 Å². The maximum Gasteiger partial charge on any atom is 0.0828 e. The van der Waals surface area contributed by atoms with E-state index in [1.54, 1.807) is 0 Å². The topological polar surface area (TPSA) is 12.5 Å². The first-order valence-electron chi connectivity index (χ1n) is 7.43. The zero-order valence-electron chi connectivity index (χ0n) is 11.5. The van der Waals surface area contributed by atoms with Crippen LogP contribution in [-0.4, -0.2) is 52.2 Å². The van der Waals surface area contributed by atoms with Crippen molar-refractivity contribution in [3.63, 3.8) is 0 Å². The van der Waals surface area contributed by atoms with Crippen molar-refractivity contribution in [1.82, 2.24) is 4.90 Å². The van der Waals surface area contributed by atoms with Crippen LogP contribution in [0, 0.1) is 17.3 Å². The summed E-state index contributed by atoms with van der Waals surface area (Å²) in [5, 5.41) is -0.628. The van der Waals surface area contributed by atoms with E-state index in [-0.39, 0.29) is 0 Å². The van der Waals surface area contributed by atoms with Crippen molar-refractivity contribution in [2.45, 2.75) is 44.4 Å². The van der Waals surface area contributed by atoms with Crippen LogP contribution in [0.3, 0.4) is 0 Å². The summed E-state index contributed by atoms with van der Waals surface area (Å²) in [5.74, 6) is 1.19. The van der Waals surface area contributed by atoms with Gasteiger partial charge in [-0.15, -0.1) is 0 Å². The van der Waals surface area contributed by atoms with E-state index >= 15 is 0 Å². The molecule has 2 heterocycles. The summed E-state index contributed by atoms with van der Waals surface area (Å²) < 4.78 is 5.42. The minimum Gasteiger partial charge on any atom is -0.381 e. The van der Waals surface area contributed by atoms with E-state index in [9.17, 15) is 0 Å². The monoisotopic (exact) mass is 243 g/mol. The van der Waals surface area contributed by atoms with Gasteiger partial charge in [-0.05, 0) is 42.9 Å². The van der Waals surface area contributed by atoms with Crippen molar-refractivity contribution in [1.29, 1.82) is 0 Å². The lowest BCUT2D eigenvalue weighted by Gasteiger charge is -2.46. The highest BCUT2D eigenvalue weighted by Crippen LogP contribution is 2.50. The van der Waals surface area contributed by atoms with Crippen LogP contribution in [0.25, 0.3) is 0 Å². The predicted molar refractivity (Wildman–Crippen MR) is 74.8 cm³/mol. The second-order valence-corrected chi connectivity index (χ2v) is 6.90. The molecule has 2 saturated heterocycles. The van der Waals surface area contributed by atoms with Crippen molar-refractivity contribution >= 4 is 15.7 Å². The van der Waals surface area contributed by atoms with Gasteiger partial charge >= 0.3 is 0 Å². The standard InChI is InChI=1S/C14H23B2NO/c1-13-6-2-3-12(13)9-17(10-13)14(15,16)11-4-7-18-8-5-11/h11-12H,2-10H2,1H3/t12-,13+/m1/s1. The number of nitrogens with zero attached hydrogens (tertiary/aromatic N) is 1. The van der Waals surface area contributed by atoms with Crippen molar-refractivity contribution in [2.75, 3.05) is 26.3 Å². The Morgan fingerprint density at radius 2 is 1.94 bits per heavy atom. The fourth-order valence-corrected chi connectivity index (χ4v) is 4.30. The number of ether oxygens (including phenoxy) is 1. The Balaban J connectivity index is 1.71. The van der Waals surface area contributed by atoms with Gasteiger partial charge in [0.2, 0.25) is 0 Å². The molecule has 0 unspecified atom stereocenters. The lowest BCUT2D eigenvalue weighted by molar-refractivity contribution is 0.0364. The van der Waals surface area contributed by atoms with E-state index in [1.807, 2.05) is 0 Å². The van der Waals surface area contributed by atoms with E-state index < -0.39 is 5.34 Å². The lowest BCUT2D eigenvalue weighted by atomic mass is 9.52. The highest BCUT2D eigenvalue weighted by molar-refractivity contribution is 6.40. The quantitative estimate of drug-likeness (QED) is 0.682. The van der Waals surface area contributed by atoms with Crippen LogP contribution < -0.4 is 0 Å². The van der Waals surface area contributed by atoms with Gasteiger partial charge in [-0.1, -0.05) is 18.7 Å². The molecule has 2 atom stereocenters. The SMILES string of the molecule is [B]C([B])(C1CCOCC1)N1C[C@H]2CCC[C@@]2(C)C1. The first-order valence-corrected chi connectivity index (χ1v) is 7.43. The zero-order chi connectivity index (χ0) is 12.8. The van der Waals surface area contributed by atoms with Gasteiger partial charge in [0, 0.05) is 26.3 Å². The molecule has 0 amide bonds. The van der Waals surface area contributed by atoms with Gasteiger partial charge in [0.15, 0.2) is 0 Å². The van der Waals surface area contributed by atoms with Gasteiger partial charge in [-0.3, -0.25) is 0 Å². The van der Waals surface area contributed by atoms with E-state index in [0.29, 0.717) is 11.3 Å². The molecule has 3 fully saturated rings. The molecule has 0 spiro atoms. The first-order chi connectivity index (χ1) is 8.52. The summed E-state index contributed by atoms with van der Waals surface area (Å²) in [6.45, 7) is 6.23. The molecule has 0 aromatic carbocycles. The molecule has 0 N–H and O–H groups in total. The maximum atomic E-state index is 6.51. The predicted octanol–water partition coefficient (Wildman–Crippen LogP) is 1.53. The smallest absolute Gasteiger partial charge is 0.0828 e. The Labute approximate surface area is 114 Å². The average Bonchev–Trinajstić information content (AvgIpc) is 2.85. The molecule has 4 radical (unpaired) electrons. The summed E-state index contributed by atoms with van der Waals surface area (Å²) >= 11 is 0. The normalized spacial score (nSPS) is 39.1. The number of hydrogen-bond donors (Lipinski definition) is 0. The molecule has 0 aromatic rings. The van der Waals surface area contributed by atoms with Crippen molar-refractivity contribution in [3.05, 3.63) is 0 Å². The third-order valence-corrected chi connectivity index (χ3v) is 5.70. The fraction of sp³-hybridized carbons (Fsp3) is 1.00. The molecule has 96 valence electrons. The Hall–Kier alpha value is 0.0499. The highest BCUT2D eigenvalue weighted by Gasteiger charge is 2.50. The van der Waals surface area contributed by atoms with Gasteiger partial charge in [0.25, 0.3) is 0 Å². The van der Waals surface area contributed by atoms with E-state index in [1.165, 1.54) is 19.3 Å². The molecule has 0 aromatic heterocycles.